The largest absolute Gasteiger partial charge is 0.481 e. The second-order valence-corrected chi connectivity index (χ2v) is 15.7. The smallest absolute Gasteiger partial charge is 0.308 e. The standard InChI is InChI=1S/C26H35N3O5S2/c1-25(2,3)35-22-20(31)12-8-15-19-13(24(33)34)9-14(28(19)7)16(10-27)29(15)17(11-30)18(12)21(32)23(22)36-26(4,5)6/h13-17,19,30H,8-9,11H2,1-7H3,(H,33,34)/t13-,14+,15+,16?,17+,19-/m1/s1. The van der Waals surface area contributed by atoms with Gasteiger partial charge in [-0.1, -0.05) is 41.5 Å². The van der Waals surface area contributed by atoms with Gasteiger partial charge in [0.2, 0.25) is 0 Å². The third kappa shape index (κ3) is 4.47. The molecule has 4 aliphatic rings. The third-order valence-electron chi connectivity index (χ3n) is 7.37. The van der Waals surface area contributed by atoms with Crippen molar-refractivity contribution in [3.8, 4) is 6.07 Å². The Kier molecular flexibility index (Phi) is 7.06. The van der Waals surface area contributed by atoms with E-state index in [1.165, 1.54) is 23.5 Å². The van der Waals surface area contributed by atoms with E-state index in [1.807, 2.05) is 58.4 Å². The molecular formula is C26H35N3O5S2. The zero-order valence-corrected chi connectivity index (χ0v) is 23.5. The molecule has 196 valence electrons. The van der Waals surface area contributed by atoms with Crippen LogP contribution in [0.5, 0.6) is 0 Å². The maximum atomic E-state index is 14.1. The van der Waals surface area contributed by atoms with E-state index < -0.39 is 42.7 Å². The number of fused-ring (bicyclic) bond motifs is 4. The fraction of sp³-hybridized carbons (Fsp3) is 0.692. The summed E-state index contributed by atoms with van der Waals surface area (Å²) in [6.07, 6.45) is 0.503. The Morgan fingerprint density at radius 2 is 1.61 bits per heavy atom. The molecule has 0 aromatic heterocycles. The molecule has 2 saturated heterocycles. The van der Waals surface area contributed by atoms with Crippen LogP contribution in [0.4, 0.5) is 0 Å². The van der Waals surface area contributed by atoms with Crippen molar-refractivity contribution in [3.05, 3.63) is 21.0 Å². The number of hydrogen-bond donors (Lipinski definition) is 2. The number of rotatable bonds is 4. The van der Waals surface area contributed by atoms with Gasteiger partial charge in [-0.3, -0.25) is 24.2 Å². The van der Waals surface area contributed by atoms with Crippen molar-refractivity contribution in [2.75, 3.05) is 13.7 Å². The Labute approximate surface area is 221 Å². The topological polar surface area (TPSA) is 122 Å². The summed E-state index contributed by atoms with van der Waals surface area (Å²) in [7, 11) is 1.84. The van der Waals surface area contributed by atoms with E-state index in [4.69, 9.17) is 0 Å². The zero-order valence-electron chi connectivity index (χ0n) is 21.9. The number of nitriles is 1. The molecule has 0 saturated carbocycles. The Hall–Kier alpha value is -1.64. The van der Waals surface area contributed by atoms with Crippen LogP contribution in [0.3, 0.4) is 0 Å². The summed E-state index contributed by atoms with van der Waals surface area (Å²) in [6.45, 7) is 11.5. The molecule has 0 aromatic carbocycles. The van der Waals surface area contributed by atoms with E-state index in [9.17, 15) is 29.9 Å². The number of carboxylic acids is 1. The monoisotopic (exact) mass is 533 g/mol. The van der Waals surface area contributed by atoms with Crippen LogP contribution in [0.15, 0.2) is 21.0 Å². The van der Waals surface area contributed by atoms with Crippen LogP contribution in [-0.4, -0.2) is 90.9 Å². The maximum absolute atomic E-state index is 14.1. The van der Waals surface area contributed by atoms with Crippen LogP contribution >= 0.6 is 23.5 Å². The molecule has 1 unspecified atom stereocenters. The summed E-state index contributed by atoms with van der Waals surface area (Å²) in [5.41, 5.74) is 0.643. The Bertz CT molecular complexity index is 1110. The van der Waals surface area contributed by atoms with Gasteiger partial charge in [0.15, 0.2) is 11.6 Å². The average molecular weight is 534 g/mol. The van der Waals surface area contributed by atoms with Crippen molar-refractivity contribution in [3.63, 3.8) is 0 Å². The van der Waals surface area contributed by atoms with Gasteiger partial charge in [0.1, 0.15) is 6.04 Å². The molecule has 0 spiro atoms. The lowest BCUT2D eigenvalue weighted by atomic mass is 9.76. The molecule has 3 aliphatic heterocycles. The number of piperazine rings is 1. The van der Waals surface area contributed by atoms with E-state index >= 15 is 0 Å². The van der Waals surface area contributed by atoms with Gasteiger partial charge in [0, 0.05) is 38.8 Å². The predicted octanol–water partition coefficient (Wildman–Crippen LogP) is 2.82. The first-order valence-electron chi connectivity index (χ1n) is 12.3. The van der Waals surface area contributed by atoms with Crippen molar-refractivity contribution >= 4 is 41.1 Å². The number of aliphatic hydroxyl groups is 1. The molecule has 0 radical (unpaired) electrons. The Morgan fingerprint density at radius 1 is 1.06 bits per heavy atom. The summed E-state index contributed by atoms with van der Waals surface area (Å²) in [4.78, 5) is 45.0. The highest BCUT2D eigenvalue weighted by Crippen LogP contribution is 2.52. The van der Waals surface area contributed by atoms with Gasteiger partial charge in [-0.15, -0.1) is 23.5 Å². The second-order valence-electron chi connectivity index (χ2n) is 12.0. The van der Waals surface area contributed by atoms with Crippen molar-refractivity contribution < 1.29 is 24.6 Å². The maximum Gasteiger partial charge on any atom is 0.308 e. The molecule has 0 amide bonds. The fourth-order valence-electron chi connectivity index (χ4n) is 6.22. The number of carboxylic acid groups (broad SMARTS) is 1. The van der Waals surface area contributed by atoms with Gasteiger partial charge >= 0.3 is 5.97 Å². The van der Waals surface area contributed by atoms with Gasteiger partial charge < -0.3 is 10.2 Å². The van der Waals surface area contributed by atoms with Crippen LogP contribution in [0.2, 0.25) is 0 Å². The van der Waals surface area contributed by atoms with Crippen LogP contribution in [0.1, 0.15) is 54.4 Å². The fourth-order valence-corrected chi connectivity index (χ4v) is 8.48. The highest BCUT2D eigenvalue weighted by atomic mass is 32.2. The number of ketones is 2. The number of aliphatic hydroxyl groups excluding tert-OH is 1. The molecule has 2 N–H and O–H groups in total. The first-order valence-corrected chi connectivity index (χ1v) is 13.9. The number of likely N-dealkylation sites (N-methyl/N-ethyl adjacent to an activating group) is 1. The van der Waals surface area contributed by atoms with Crippen LogP contribution < -0.4 is 0 Å². The Morgan fingerprint density at radius 3 is 2.08 bits per heavy atom. The molecular weight excluding hydrogens is 498 g/mol. The van der Waals surface area contributed by atoms with E-state index in [0.29, 0.717) is 21.8 Å². The van der Waals surface area contributed by atoms with Gasteiger partial charge in [0.25, 0.3) is 0 Å². The minimum absolute atomic E-state index is 0.182. The number of carbonyl (C=O) groups is 3. The van der Waals surface area contributed by atoms with Gasteiger partial charge in [-0.25, -0.2) is 0 Å². The van der Waals surface area contributed by atoms with E-state index in [2.05, 4.69) is 6.07 Å². The molecule has 2 bridgehead atoms. The Balaban J connectivity index is 1.87. The first-order chi connectivity index (χ1) is 16.6. The van der Waals surface area contributed by atoms with Crippen molar-refractivity contribution in [1.29, 1.82) is 5.26 Å². The summed E-state index contributed by atoms with van der Waals surface area (Å²) >= 11 is 2.74. The second kappa shape index (κ2) is 9.28. The number of carbonyl (C=O) groups excluding carboxylic acids is 2. The minimum atomic E-state index is -0.924. The van der Waals surface area contributed by atoms with Gasteiger partial charge in [-0.05, 0) is 19.9 Å². The summed E-state index contributed by atoms with van der Waals surface area (Å²) in [6, 6.07) is -0.400. The van der Waals surface area contributed by atoms with Gasteiger partial charge in [-0.2, -0.15) is 5.26 Å². The molecule has 36 heavy (non-hydrogen) atoms. The van der Waals surface area contributed by atoms with E-state index in [1.54, 1.807) is 0 Å². The van der Waals surface area contributed by atoms with E-state index in [0.717, 1.165) is 0 Å². The lowest BCUT2D eigenvalue weighted by molar-refractivity contribution is -0.144. The minimum Gasteiger partial charge on any atom is -0.481 e. The highest BCUT2D eigenvalue weighted by Gasteiger charge is 2.61. The van der Waals surface area contributed by atoms with Crippen LogP contribution in [0, 0.1) is 17.2 Å². The molecule has 6 atom stereocenters. The first kappa shape index (κ1) is 27.4. The zero-order chi connectivity index (χ0) is 26.9. The van der Waals surface area contributed by atoms with Crippen molar-refractivity contribution in [2.24, 2.45) is 5.92 Å². The molecule has 0 aromatic rings. The molecule has 10 heteroatoms. The normalized spacial score (nSPS) is 33.5. The van der Waals surface area contributed by atoms with Gasteiger partial charge in [0.05, 0.1) is 34.4 Å². The lowest BCUT2D eigenvalue weighted by Gasteiger charge is -2.54. The molecule has 3 heterocycles. The number of thioether (sulfide) groups is 2. The van der Waals surface area contributed by atoms with E-state index in [-0.39, 0.29) is 39.1 Å². The molecule has 1 aliphatic carbocycles. The molecule has 2 fully saturated rings. The number of allylic oxidation sites excluding steroid dienone is 2. The number of nitrogens with zero attached hydrogens (tertiary/aromatic N) is 3. The molecule has 4 rings (SSSR count). The summed E-state index contributed by atoms with van der Waals surface area (Å²) in [5, 5.41) is 30.7. The summed E-state index contributed by atoms with van der Waals surface area (Å²) < 4.78 is -0.635. The number of Topliss-reactive ketones (excluding diaryl/α,β-unsaturated/α-hetero) is 2. The predicted molar refractivity (Wildman–Crippen MR) is 140 cm³/mol. The van der Waals surface area contributed by atoms with Crippen LogP contribution in [0.25, 0.3) is 0 Å². The van der Waals surface area contributed by atoms with Crippen molar-refractivity contribution in [2.45, 2.75) is 94.1 Å². The third-order valence-corrected chi connectivity index (χ3v) is 9.91. The average Bonchev–Trinajstić information content (AvgIpc) is 3.01. The highest BCUT2D eigenvalue weighted by molar-refractivity contribution is 8.09. The number of aliphatic carboxylic acids is 1. The quantitative estimate of drug-likeness (QED) is 0.522. The lowest BCUT2D eigenvalue weighted by Crippen LogP contribution is -2.69. The molecule has 8 nitrogen and oxygen atoms in total. The summed E-state index contributed by atoms with van der Waals surface area (Å²) in [5.74, 6) is -2.08. The SMILES string of the molecule is CN1[C@@H]2[C@H](C(=O)O)C[C@H]1C(C#N)N1[C@@H](CO)C3=C(C[C@@H]21)C(=O)C(SC(C)(C)C)=C(SC(C)(C)C)C3=O. The van der Waals surface area contributed by atoms with Crippen molar-refractivity contribution in [1.82, 2.24) is 9.80 Å². The number of hydrogen-bond acceptors (Lipinski definition) is 9. The van der Waals surface area contributed by atoms with Crippen LogP contribution in [-0.2, 0) is 14.4 Å².